The van der Waals surface area contributed by atoms with Gasteiger partial charge in [-0.25, -0.2) is 0 Å². The molecule has 0 aromatic rings. The summed E-state index contributed by atoms with van der Waals surface area (Å²) in [5.41, 5.74) is 2.16. The molecule has 1 heteroatoms. The lowest BCUT2D eigenvalue weighted by molar-refractivity contribution is -0.104. The Kier molecular flexibility index (Phi) is 5.35. The van der Waals surface area contributed by atoms with Crippen LogP contribution in [0.2, 0.25) is 0 Å². The highest BCUT2D eigenvalue weighted by Crippen LogP contribution is 2.08. The Morgan fingerprint density at radius 3 is 2.33 bits per heavy atom. The van der Waals surface area contributed by atoms with Crippen LogP contribution in [0.3, 0.4) is 0 Å². The van der Waals surface area contributed by atoms with Crippen molar-refractivity contribution in [2.45, 2.75) is 34.1 Å². The van der Waals surface area contributed by atoms with Crippen LogP contribution < -0.4 is 0 Å². The molecular formula is C11H18O. The summed E-state index contributed by atoms with van der Waals surface area (Å²) < 4.78 is 0. The summed E-state index contributed by atoms with van der Waals surface area (Å²) in [6, 6.07) is 0. The summed E-state index contributed by atoms with van der Waals surface area (Å²) in [5.74, 6) is 0.463. The summed E-state index contributed by atoms with van der Waals surface area (Å²) in [6.45, 7) is 8.13. The predicted octanol–water partition coefficient (Wildman–Crippen LogP) is 3.12. The number of rotatable bonds is 4. The second-order valence-corrected chi connectivity index (χ2v) is 3.52. The van der Waals surface area contributed by atoms with Crippen molar-refractivity contribution in [3.63, 3.8) is 0 Å². The maximum absolute atomic E-state index is 10.3. The van der Waals surface area contributed by atoms with Crippen LogP contribution in [0.1, 0.15) is 34.1 Å². The van der Waals surface area contributed by atoms with Crippen LogP contribution in [0.15, 0.2) is 23.3 Å². The van der Waals surface area contributed by atoms with Crippen molar-refractivity contribution >= 4 is 6.29 Å². The van der Waals surface area contributed by atoms with E-state index in [0.29, 0.717) is 5.92 Å². The lowest BCUT2D eigenvalue weighted by atomic mass is 10.0. The van der Waals surface area contributed by atoms with E-state index in [-0.39, 0.29) is 0 Å². The summed E-state index contributed by atoms with van der Waals surface area (Å²) in [4.78, 5) is 10.3. The normalized spacial score (nSPS) is 13.8. The minimum absolute atomic E-state index is 0.463. The van der Waals surface area contributed by atoms with E-state index in [1.807, 2.05) is 13.0 Å². The summed E-state index contributed by atoms with van der Waals surface area (Å²) in [6.07, 6.45) is 6.12. The Balaban J connectivity index is 3.97. The number of hydrogen-bond donors (Lipinski definition) is 0. The molecule has 0 fully saturated rings. The third-order valence-corrected chi connectivity index (χ3v) is 1.63. The average molecular weight is 166 g/mol. The molecule has 0 aromatic heterocycles. The zero-order valence-electron chi connectivity index (χ0n) is 8.42. The largest absolute Gasteiger partial charge is 0.298 e. The molecule has 0 radical (unpaired) electrons. The van der Waals surface area contributed by atoms with E-state index in [0.717, 1.165) is 18.3 Å². The van der Waals surface area contributed by atoms with Crippen molar-refractivity contribution in [3.05, 3.63) is 23.3 Å². The minimum Gasteiger partial charge on any atom is -0.298 e. The van der Waals surface area contributed by atoms with Gasteiger partial charge in [0.25, 0.3) is 0 Å². The monoisotopic (exact) mass is 166 g/mol. The van der Waals surface area contributed by atoms with Crippen LogP contribution in [-0.4, -0.2) is 6.29 Å². The summed E-state index contributed by atoms with van der Waals surface area (Å²) >= 11 is 0. The van der Waals surface area contributed by atoms with Gasteiger partial charge in [0.2, 0.25) is 0 Å². The molecule has 0 aliphatic carbocycles. The minimum atomic E-state index is 0.463. The Labute approximate surface area is 75.2 Å². The lowest BCUT2D eigenvalue weighted by Gasteiger charge is -2.02. The highest BCUT2D eigenvalue weighted by Gasteiger charge is 1.95. The van der Waals surface area contributed by atoms with Crippen molar-refractivity contribution < 1.29 is 4.79 Å². The fourth-order valence-corrected chi connectivity index (χ4v) is 0.978. The van der Waals surface area contributed by atoms with Gasteiger partial charge in [0.05, 0.1) is 0 Å². The Morgan fingerprint density at radius 1 is 1.33 bits per heavy atom. The molecule has 1 unspecified atom stereocenters. The van der Waals surface area contributed by atoms with E-state index in [2.05, 4.69) is 26.8 Å². The molecule has 0 amide bonds. The molecule has 1 atom stereocenters. The molecule has 12 heavy (non-hydrogen) atoms. The number of carbonyl (C=O) groups excluding carboxylic acids is 1. The fraction of sp³-hybridized carbons (Fsp3) is 0.545. The second kappa shape index (κ2) is 5.76. The van der Waals surface area contributed by atoms with Gasteiger partial charge >= 0.3 is 0 Å². The van der Waals surface area contributed by atoms with Gasteiger partial charge in [-0.15, -0.1) is 0 Å². The maximum Gasteiger partial charge on any atom is 0.145 e. The molecule has 0 saturated heterocycles. The van der Waals surface area contributed by atoms with Crippen molar-refractivity contribution in [1.82, 2.24) is 0 Å². The van der Waals surface area contributed by atoms with E-state index in [9.17, 15) is 4.79 Å². The number of hydrogen-bond acceptors (Lipinski definition) is 1. The topological polar surface area (TPSA) is 17.1 Å². The fourth-order valence-electron chi connectivity index (χ4n) is 0.978. The zero-order valence-corrected chi connectivity index (χ0v) is 8.42. The Morgan fingerprint density at radius 2 is 1.92 bits per heavy atom. The maximum atomic E-state index is 10.3. The SMILES string of the molecule is CC(C)=CCC(C)/C=C(/C)C=O. The standard InChI is InChI=1S/C11H18O/c1-9(2)5-6-10(3)7-11(4)8-12/h5,7-8,10H,6H2,1-4H3/b11-7-. The first-order chi connectivity index (χ1) is 5.56. The highest BCUT2D eigenvalue weighted by atomic mass is 16.1. The Bertz CT molecular complexity index is 195. The van der Waals surface area contributed by atoms with Crippen LogP contribution in [0.25, 0.3) is 0 Å². The van der Waals surface area contributed by atoms with Crippen molar-refractivity contribution in [2.75, 3.05) is 0 Å². The first-order valence-electron chi connectivity index (χ1n) is 4.33. The van der Waals surface area contributed by atoms with Gasteiger partial charge in [-0.1, -0.05) is 24.6 Å². The van der Waals surface area contributed by atoms with Crippen LogP contribution in [-0.2, 0) is 4.79 Å². The van der Waals surface area contributed by atoms with E-state index in [4.69, 9.17) is 0 Å². The molecule has 68 valence electrons. The van der Waals surface area contributed by atoms with Gasteiger partial charge < -0.3 is 0 Å². The quantitative estimate of drug-likeness (QED) is 0.356. The first-order valence-corrected chi connectivity index (χ1v) is 4.33. The molecular weight excluding hydrogens is 148 g/mol. The van der Waals surface area contributed by atoms with Crippen LogP contribution in [0.4, 0.5) is 0 Å². The van der Waals surface area contributed by atoms with E-state index in [1.165, 1.54) is 5.57 Å². The Hall–Kier alpha value is -0.850. The molecule has 0 rings (SSSR count). The van der Waals surface area contributed by atoms with Crippen LogP contribution in [0, 0.1) is 5.92 Å². The second-order valence-electron chi connectivity index (χ2n) is 3.52. The van der Waals surface area contributed by atoms with E-state index >= 15 is 0 Å². The summed E-state index contributed by atoms with van der Waals surface area (Å²) in [7, 11) is 0. The highest BCUT2D eigenvalue weighted by molar-refractivity contribution is 5.72. The van der Waals surface area contributed by atoms with Crippen LogP contribution in [0.5, 0.6) is 0 Å². The molecule has 0 spiro atoms. The van der Waals surface area contributed by atoms with E-state index in [1.54, 1.807) is 0 Å². The molecule has 0 aliphatic rings. The van der Waals surface area contributed by atoms with Gasteiger partial charge in [-0.3, -0.25) is 4.79 Å². The lowest BCUT2D eigenvalue weighted by Crippen LogP contribution is -1.90. The molecule has 0 aromatic carbocycles. The average Bonchev–Trinajstić information content (AvgIpc) is 2.00. The number of carbonyl (C=O) groups is 1. The van der Waals surface area contributed by atoms with E-state index < -0.39 is 0 Å². The number of aldehydes is 1. The van der Waals surface area contributed by atoms with Gasteiger partial charge in [0, 0.05) is 0 Å². The molecule has 0 bridgehead atoms. The molecule has 0 N–H and O–H groups in total. The molecule has 0 aliphatic heterocycles. The van der Waals surface area contributed by atoms with Gasteiger partial charge in [-0.05, 0) is 38.7 Å². The zero-order chi connectivity index (χ0) is 9.56. The van der Waals surface area contributed by atoms with Crippen LogP contribution >= 0.6 is 0 Å². The third-order valence-electron chi connectivity index (χ3n) is 1.63. The third kappa shape index (κ3) is 5.90. The predicted molar refractivity (Wildman–Crippen MR) is 53.0 cm³/mol. The van der Waals surface area contributed by atoms with Gasteiger partial charge in [0.15, 0.2) is 0 Å². The van der Waals surface area contributed by atoms with Gasteiger partial charge in [0.1, 0.15) is 6.29 Å². The molecule has 0 saturated carbocycles. The molecule has 1 nitrogen and oxygen atoms in total. The van der Waals surface area contributed by atoms with Crippen molar-refractivity contribution in [2.24, 2.45) is 5.92 Å². The van der Waals surface area contributed by atoms with Crippen molar-refractivity contribution in [3.8, 4) is 0 Å². The number of allylic oxidation sites excluding steroid dienone is 4. The molecule has 0 heterocycles. The van der Waals surface area contributed by atoms with Gasteiger partial charge in [-0.2, -0.15) is 0 Å². The smallest absolute Gasteiger partial charge is 0.145 e. The summed E-state index contributed by atoms with van der Waals surface area (Å²) in [5, 5.41) is 0. The first kappa shape index (κ1) is 11.2. The van der Waals surface area contributed by atoms with Crippen molar-refractivity contribution in [1.29, 1.82) is 0 Å².